The van der Waals surface area contributed by atoms with E-state index in [0.29, 0.717) is 17.2 Å². The predicted molar refractivity (Wildman–Crippen MR) is 90.1 cm³/mol. The van der Waals surface area contributed by atoms with Crippen molar-refractivity contribution < 1.29 is 9.21 Å². The van der Waals surface area contributed by atoms with Crippen molar-refractivity contribution in [2.24, 2.45) is 5.92 Å². The highest BCUT2D eigenvalue weighted by atomic mass is 16.3. The summed E-state index contributed by atoms with van der Waals surface area (Å²) in [7, 11) is 0. The molecular formula is C19H22N2O2. The Kier molecular flexibility index (Phi) is 4.90. The Morgan fingerprint density at radius 1 is 1.39 bits per heavy atom. The number of rotatable bonds is 5. The Bertz CT molecular complexity index is 798. The van der Waals surface area contributed by atoms with E-state index in [1.807, 2.05) is 26.0 Å². The Hall–Kier alpha value is -2.54. The van der Waals surface area contributed by atoms with Gasteiger partial charge in [-0.15, -0.1) is 0 Å². The van der Waals surface area contributed by atoms with Gasteiger partial charge < -0.3 is 8.98 Å². The molecule has 120 valence electrons. The van der Waals surface area contributed by atoms with Gasteiger partial charge in [0.15, 0.2) is 0 Å². The van der Waals surface area contributed by atoms with Crippen LogP contribution in [0.3, 0.4) is 0 Å². The first-order chi connectivity index (χ1) is 10.8. The van der Waals surface area contributed by atoms with Gasteiger partial charge in [-0.05, 0) is 50.5 Å². The number of hydrogen-bond acceptors (Lipinski definition) is 3. The lowest BCUT2D eigenvalue weighted by Crippen LogP contribution is -2.07. The van der Waals surface area contributed by atoms with Gasteiger partial charge in [0, 0.05) is 17.9 Å². The first-order valence-corrected chi connectivity index (χ1v) is 7.72. The second kappa shape index (κ2) is 6.70. The predicted octanol–water partition coefficient (Wildman–Crippen LogP) is 4.45. The summed E-state index contributed by atoms with van der Waals surface area (Å²) in [6, 6.07) is 5.64. The molecule has 0 spiro atoms. The van der Waals surface area contributed by atoms with Crippen molar-refractivity contribution in [3.8, 4) is 6.07 Å². The number of carbonyl (C=O) groups excluding carboxylic acids is 1. The van der Waals surface area contributed by atoms with Gasteiger partial charge in [-0.25, -0.2) is 0 Å². The van der Waals surface area contributed by atoms with Crippen molar-refractivity contribution >= 4 is 11.9 Å². The first-order valence-electron chi connectivity index (χ1n) is 7.72. The molecule has 0 bridgehead atoms. The van der Waals surface area contributed by atoms with E-state index in [4.69, 9.17) is 4.42 Å². The fourth-order valence-electron chi connectivity index (χ4n) is 2.69. The molecular weight excluding hydrogens is 288 g/mol. The molecule has 4 nitrogen and oxygen atoms in total. The second-order valence-corrected chi connectivity index (χ2v) is 6.22. The average Bonchev–Trinajstić information content (AvgIpc) is 3.02. The normalized spacial score (nSPS) is 11.8. The molecule has 0 unspecified atom stereocenters. The van der Waals surface area contributed by atoms with Crippen molar-refractivity contribution in [2.75, 3.05) is 0 Å². The number of nitriles is 1. The second-order valence-electron chi connectivity index (χ2n) is 6.22. The minimum absolute atomic E-state index is 0.124. The topological polar surface area (TPSA) is 58.9 Å². The zero-order chi connectivity index (χ0) is 17.1. The molecule has 0 aliphatic heterocycles. The number of furan rings is 1. The number of Topliss-reactive ketones (excluding diaryl/α,β-unsaturated/α-hetero) is 1. The molecule has 0 saturated carbocycles. The quantitative estimate of drug-likeness (QED) is 0.465. The van der Waals surface area contributed by atoms with Gasteiger partial charge in [0.2, 0.25) is 5.78 Å². The van der Waals surface area contributed by atoms with Crippen LogP contribution in [0.1, 0.15) is 46.9 Å². The van der Waals surface area contributed by atoms with Gasteiger partial charge in [0.05, 0.1) is 11.8 Å². The largest absolute Gasteiger partial charge is 0.469 e. The Morgan fingerprint density at radius 2 is 2.09 bits per heavy atom. The van der Waals surface area contributed by atoms with E-state index in [1.54, 1.807) is 19.1 Å². The molecule has 2 aromatic heterocycles. The lowest BCUT2D eigenvalue weighted by atomic mass is 10.0. The van der Waals surface area contributed by atoms with Crippen LogP contribution in [0.25, 0.3) is 6.08 Å². The molecule has 0 radical (unpaired) electrons. The number of aromatic nitrogens is 1. The molecule has 0 aliphatic rings. The molecule has 4 heteroatoms. The van der Waals surface area contributed by atoms with Crippen molar-refractivity contribution in [1.82, 2.24) is 4.57 Å². The molecule has 0 amide bonds. The van der Waals surface area contributed by atoms with E-state index >= 15 is 0 Å². The minimum atomic E-state index is -0.299. The summed E-state index contributed by atoms with van der Waals surface area (Å²) in [5.41, 5.74) is 3.68. The van der Waals surface area contributed by atoms with Gasteiger partial charge in [-0.3, -0.25) is 4.79 Å². The maximum absolute atomic E-state index is 12.5. The molecule has 2 aromatic rings. The molecule has 2 heterocycles. The van der Waals surface area contributed by atoms with Gasteiger partial charge in [0.1, 0.15) is 17.4 Å². The van der Waals surface area contributed by atoms with Crippen LogP contribution in [-0.4, -0.2) is 10.4 Å². The minimum Gasteiger partial charge on any atom is -0.469 e. The Labute approximate surface area is 137 Å². The maximum Gasteiger partial charge on any atom is 0.207 e. The van der Waals surface area contributed by atoms with Crippen LogP contribution in [0.15, 0.2) is 28.4 Å². The zero-order valence-electron chi connectivity index (χ0n) is 14.3. The van der Waals surface area contributed by atoms with E-state index in [9.17, 15) is 10.1 Å². The summed E-state index contributed by atoms with van der Waals surface area (Å²) in [6.45, 7) is 11.0. The first kappa shape index (κ1) is 16.8. The zero-order valence-corrected chi connectivity index (χ0v) is 14.3. The maximum atomic E-state index is 12.5. The number of allylic oxidation sites excluding steroid dienone is 1. The molecule has 0 aliphatic carbocycles. The molecule has 0 N–H and O–H groups in total. The van der Waals surface area contributed by atoms with Crippen LogP contribution < -0.4 is 0 Å². The van der Waals surface area contributed by atoms with E-state index in [2.05, 4.69) is 18.4 Å². The molecule has 0 atom stereocenters. The van der Waals surface area contributed by atoms with Crippen LogP contribution in [0.2, 0.25) is 0 Å². The fraction of sp³-hybridized carbons (Fsp3) is 0.368. The smallest absolute Gasteiger partial charge is 0.207 e. The Balaban J connectivity index is 2.42. The molecule has 23 heavy (non-hydrogen) atoms. The molecule has 2 rings (SSSR count). The third kappa shape index (κ3) is 3.45. The van der Waals surface area contributed by atoms with Crippen molar-refractivity contribution in [3.05, 3.63) is 52.2 Å². The molecule has 0 saturated heterocycles. The van der Waals surface area contributed by atoms with E-state index in [1.165, 1.54) is 6.26 Å². The summed E-state index contributed by atoms with van der Waals surface area (Å²) in [5, 5.41) is 9.38. The number of hydrogen-bond donors (Lipinski definition) is 0. The van der Waals surface area contributed by atoms with Crippen LogP contribution in [0.5, 0.6) is 0 Å². The SMILES string of the molecule is Cc1occc1C(=O)/C(C#N)=C/c1cc(C)n(CC(C)C)c1C. The van der Waals surface area contributed by atoms with Crippen LogP contribution in [-0.2, 0) is 6.54 Å². The van der Waals surface area contributed by atoms with Crippen molar-refractivity contribution in [3.63, 3.8) is 0 Å². The molecule has 0 fully saturated rings. The van der Waals surface area contributed by atoms with Crippen LogP contribution >= 0.6 is 0 Å². The third-order valence-corrected chi connectivity index (χ3v) is 3.93. The van der Waals surface area contributed by atoms with Crippen LogP contribution in [0, 0.1) is 38.0 Å². The van der Waals surface area contributed by atoms with E-state index in [0.717, 1.165) is 23.5 Å². The highest BCUT2D eigenvalue weighted by molar-refractivity contribution is 6.14. The number of nitrogens with zero attached hydrogens (tertiary/aromatic N) is 2. The number of aryl methyl sites for hydroxylation is 2. The lowest BCUT2D eigenvalue weighted by molar-refractivity contribution is 0.103. The lowest BCUT2D eigenvalue weighted by Gasteiger charge is -2.12. The Morgan fingerprint density at radius 3 is 2.61 bits per heavy atom. The highest BCUT2D eigenvalue weighted by Crippen LogP contribution is 2.22. The van der Waals surface area contributed by atoms with Gasteiger partial charge in [-0.1, -0.05) is 13.8 Å². The summed E-state index contributed by atoms with van der Waals surface area (Å²) >= 11 is 0. The van der Waals surface area contributed by atoms with E-state index in [-0.39, 0.29) is 11.4 Å². The summed E-state index contributed by atoms with van der Waals surface area (Å²) in [5.74, 6) is 0.760. The van der Waals surface area contributed by atoms with Gasteiger partial charge in [0.25, 0.3) is 0 Å². The fourth-order valence-corrected chi connectivity index (χ4v) is 2.69. The summed E-state index contributed by atoms with van der Waals surface area (Å²) < 4.78 is 7.38. The van der Waals surface area contributed by atoms with E-state index < -0.39 is 0 Å². The number of ketones is 1. The highest BCUT2D eigenvalue weighted by Gasteiger charge is 2.18. The summed E-state index contributed by atoms with van der Waals surface area (Å²) in [4.78, 5) is 12.5. The van der Waals surface area contributed by atoms with Crippen molar-refractivity contribution in [2.45, 2.75) is 41.2 Å². The van der Waals surface area contributed by atoms with Gasteiger partial charge in [-0.2, -0.15) is 5.26 Å². The third-order valence-electron chi connectivity index (χ3n) is 3.93. The monoisotopic (exact) mass is 310 g/mol. The van der Waals surface area contributed by atoms with Crippen molar-refractivity contribution in [1.29, 1.82) is 5.26 Å². The summed E-state index contributed by atoms with van der Waals surface area (Å²) in [6.07, 6.45) is 3.14. The van der Waals surface area contributed by atoms with Crippen LogP contribution in [0.4, 0.5) is 0 Å². The standard InChI is InChI=1S/C19H22N2O2/c1-12(2)11-21-13(3)8-16(14(21)4)9-17(10-20)19(22)18-6-7-23-15(18)5/h6-9,12H,11H2,1-5H3/b17-9+. The average molecular weight is 310 g/mol. The number of carbonyl (C=O) groups is 1. The molecule has 0 aromatic carbocycles. The van der Waals surface area contributed by atoms with Gasteiger partial charge >= 0.3 is 0 Å².